The average molecular weight is 484 g/mol. The number of rotatable bonds is 6. The van der Waals surface area contributed by atoms with E-state index in [0.717, 1.165) is 38.5 Å². The fourth-order valence-corrected chi connectivity index (χ4v) is 6.46. The SMILES string of the molecule is COc1cc(-c2cc(C(=O)N3CC[C@H](C(=O)NCC45COC(C)(C4)C5)CC34CC4)n[nH]2)c(F)cn1. The molecule has 5 heterocycles. The highest BCUT2D eigenvalue weighted by Crippen LogP contribution is 2.57. The number of amides is 2. The quantitative estimate of drug-likeness (QED) is 0.654. The van der Waals surface area contributed by atoms with Crippen LogP contribution in [0, 0.1) is 17.2 Å². The van der Waals surface area contributed by atoms with Crippen LogP contribution < -0.4 is 10.1 Å². The van der Waals surface area contributed by atoms with Gasteiger partial charge < -0.3 is 19.7 Å². The molecule has 7 rings (SSSR count). The lowest BCUT2D eigenvalue weighted by Crippen LogP contribution is -2.53. The van der Waals surface area contributed by atoms with Gasteiger partial charge in [0.1, 0.15) is 0 Å². The monoisotopic (exact) mass is 483 g/mol. The molecule has 2 bridgehead atoms. The van der Waals surface area contributed by atoms with Crippen molar-refractivity contribution in [3.8, 4) is 17.1 Å². The Balaban J connectivity index is 1.10. The maximum Gasteiger partial charge on any atom is 0.274 e. The molecule has 186 valence electrons. The van der Waals surface area contributed by atoms with Gasteiger partial charge in [-0.05, 0) is 51.5 Å². The molecule has 9 nitrogen and oxygen atoms in total. The maximum atomic E-state index is 14.3. The fraction of sp³-hybridized carbons (Fsp3) is 0.600. The number of pyridine rings is 1. The van der Waals surface area contributed by atoms with Gasteiger partial charge in [-0.15, -0.1) is 0 Å². The van der Waals surface area contributed by atoms with Crippen molar-refractivity contribution in [2.24, 2.45) is 11.3 Å². The first-order valence-electron chi connectivity index (χ1n) is 12.2. The summed E-state index contributed by atoms with van der Waals surface area (Å²) in [6.45, 7) is 4.03. The zero-order chi connectivity index (χ0) is 24.4. The van der Waals surface area contributed by atoms with Crippen molar-refractivity contribution in [2.45, 2.75) is 56.6 Å². The van der Waals surface area contributed by atoms with Gasteiger partial charge >= 0.3 is 0 Å². The Labute approximate surface area is 202 Å². The Morgan fingerprint density at radius 2 is 2.14 bits per heavy atom. The molecule has 1 spiro atoms. The van der Waals surface area contributed by atoms with E-state index in [2.05, 4.69) is 27.4 Å². The van der Waals surface area contributed by atoms with Crippen LogP contribution in [0.4, 0.5) is 4.39 Å². The second kappa shape index (κ2) is 7.74. The average Bonchev–Trinajstić information content (AvgIpc) is 3.18. The van der Waals surface area contributed by atoms with Crippen molar-refractivity contribution in [3.05, 3.63) is 29.8 Å². The number of nitrogens with one attached hydrogen (secondary N) is 2. The summed E-state index contributed by atoms with van der Waals surface area (Å²) in [7, 11) is 1.45. The van der Waals surface area contributed by atoms with Gasteiger partial charge in [-0.3, -0.25) is 14.7 Å². The summed E-state index contributed by atoms with van der Waals surface area (Å²) in [6.07, 6.45) is 6.15. The Hall–Kier alpha value is -3.01. The van der Waals surface area contributed by atoms with Crippen LogP contribution in [-0.2, 0) is 9.53 Å². The van der Waals surface area contributed by atoms with Crippen molar-refractivity contribution in [1.82, 2.24) is 25.4 Å². The van der Waals surface area contributed by atoms with Crippen molar-refractivity contribution < 1.29 is 23.5 Å². The fourth-order valence-electron chi connectivity index (χ4n) is 6.46. The third-order valence-corrected chi connectivity index (χ3v) is 8.33. The third kappa shape index (κ3) is 3.78. The number of nitrogens with zero attached hydrogens (tertiary/aromatic N) is 3. The number of hydrogen-bond donors (Lipinski definition) is 2. The zero-order valence-electron chi connectivity index (χ0n) is 20.0. The summed E-state index contributed by atoms with van der Waals surface area (Å²) < 4.78 is 25.2. The van der Waals surface area contributed by atoms with E-state index in [-0.39, 0.29) is 51.4 Å². The van der Waals surface area contributed by atoms with Crippen LogP contribution in [0.5, 0.6) is 5.88 Å². The lowest BCUT2D eigenvalue weighted by atomic mass is 9.63. The van der Waals surface area contributed by atoms with Gasteiger partial charge in [-0.2, -0.15) is 5.10 Å². The van der Waals surface area contributed by atoms with Crippen LogP contribution in [0.3, 0.4) is 0 Å². The number of carbonyl (C=O) groups excluding carboxylic acids is 2. The lowest BCUT2D eigenvalue weighted by Gasteiger charge is -2.43. The number of ether oxygens (including phenoxy) is 2. The molecule has 0 unspecified atom stereocenters. The van der Waals surface area contributed by atoms with Crippen LogP contribution in [0.2, 0.25) is 0 Å². The van der Waals surface area contributed by atoms with Gasteiger partial charge in [-0.1, -0.05) is 0 Å². The number of likely N-dealkylation sites (tertiary alicyclic amines) is 1. The standard InChI is InChI=1S/C25H30FN5O4/c1-23-11-24(12-23,14-35-23)13-28-21(32)15-3-6-31(25(9-15)4-5-25)22(33)19-8-18(29-30-19)16-7-20(34-2)27-10-17(16)26/h7-8,10,15H,3-6,9,11-14H2,1-2H3,(H,28,32)(H,29,30)/t15-,23?,24?/m0/s1. The molecule has 3 saturated heterocycles. The summed E-state index contributed by atoms with van der Waals surface area (Å²) in [5.74, 6) is -0.468. The maximum absolute atomic E-state index is 14.3. The molecule has 2 N–H and O–H groups in total. The minimum Gasteiger partial charge on any atom is -0.481 e. The highest BCUT2D eigenvalue weighted by atomic mass is 19.1. The molecule has 0 aromatic carbocycles. The first kappa shape index (κ1) is 22.5. The number of methoxy groups -OCH3 is 1. The van der Waals surface area contributed by atoms with E-state index in [1.54, 1.807) is 6.07 Å². The molecule has 10 heteroatoms. The summed E-state index contributed by atoms with van der Waals surface area (Å²) in [6, 6.07) is 3.02. The summed E-state index contributed by atoms with van der Waals surface area (Å²) in [5, 5.41) is 10.1. The number of aromatic amines is 1. The Bertz CT molecular complexity index is 1190. The normalized spacial score (nSPS) is 30.1. The molecule has 5 aliphatic rings. The number of H-pyrrole nitrogens is 1. The van der Waals surface area contributed by atoms with Crippen LogP contribution in [0.1, 0.15) is 55.9 Å². The largest absolute Gasteiger partial charge is 0.481 e. The smallest absolute Gasteiger partial charge is 0.274 e. The Morgan fingerprint density at radius 1 is 1.34 bits per heavy atom. The van der Waals surface area contributed by atoms with Gasteiger partial charge in [0.15, 0.2) is 11.5 Å². The van der Waals surface area contributed by atoms with E-state index >= 15 is 0 Å². The Kier molecular flexibility index (Phi) is 4.97. The number of hydrogen-bond acceptors (Lipinski definition) is 6. The molecule has 35 heavy (non-hydrogen) atoms. The second-order valence-electron chi connectivity index (χ2n) is 11.1. The minimum absolute atomic E-state index is 0.00979. The van der Waals surface area contributed by atoms with E-state index in [9.17, 15) is 14.0 Å². The first-order valence-corrected chi connectivity index (χ1v) is 12.2. The topological polar surface area (TPSA) is 109 Å². The van der Waals surface area contributed by atoms with E-state index < -0.39 is 5.82 Å². The van der Waals surface area contributed by atoms with E-state index in [1.165, 1.54) is 13.2 Å². The lowest BCUT2D eigenvalue weighted by molar-refractivity contribution is -0.128. The predicted octanol–water partition coefficient (Wildman–Crippen LogP) is 2.69. The van der Waals surface area contributed by atoms with Crippen molar-refractivity contribution in [2.75, 3.05) is 26.8 Å². The molecule has 2 saturated carbocycles. The molecule has 5 fully saturated rings. The highest BCUT2D eigenvalue weighted by Gasteiger charge is 2.60. The summed E-state index contributed by atoms with van der Waals surface area (Å²) in [4.78, 5) is 32.0. The van der Waals surface area contributed by atoms with E-state index in [1.807, 2.05) is 4.90 Å². The van der Waals surface area contributed by atoms with Crippen molar-refractivity contribution in [3.63, 3.8) is 0 Å². The van der Waals surface area contributed by atoms with Crippen LogP contribution in [0.25, 0.3) is 11.3 Å². The third-order valence-electron chi connectivity index (χ3n) is 8.33. The number of fused-ring (bicyclic) bond motifs is 1. The van der Waals surface area contributed by atoms with Gasteiger partial charge in [0.25, 0.3) is 5.91 Å². The summed E-state index contributed by atoms with van der Waals surface area (Å²) in [5.41, 5.74) is 0.680. The van der Waals surface area contributed by atoms with Crippen LogP contribution in [0.15, 0.2) is 18.3 Å². The van der Waals surface area contributed by atoms with Crippen molar-refractivity contribution >= 4 is 11.8 Å². The predicted molar refractivity (Wildman–Crippen MR) is 123 cm³/mol. The molecule has 3 aliphatic heterocycles. The molecular weight excluding hydrogens is 453 g/mol. The molecule has 2 amide bonds. The number of piperidine rings is 1. The minimum atomic E-state index is -0.533. The zero-order valence-corrected chi connectivity index (χ0v) is 20.0. The molecule has 2 aromatic heterocycles. The van der Waals surface area contributed by atoms with Crippen LogP contribution in [-0.4, -0.2) is 69.8 Å². The molecule has 2 aliphatic carbocycles. The molecule has 1 atom stereocenters. The number of halogens is 1. The van der Waals surface area contributed by atoms with Gasteiger partial charge in [0.05, 0.1) is 31.2 Å². The van der Waals surface area contributed by atoms with Gasteiger partial charge in [-0.25, -0.2) is 9.37 Å². The Morgan fingerprint density at radius 3 is 2.83 bits per heavy atom. The van der Waals surface area contributed by atoms with Gasteiger partial charge in [0, 0.05) is 41.6 Å². The summed E-state index contributed by atoms with van der Waals surface area (Å²) >= 11 is 0. The van der Waals surface area contributed by atoms with Crippen molar-refractivity contribution in [1.29, 1.82) is 0 Å². The van der Waals surface area contributed by atoms with E-state index in [4.69, 9.17) is 9.47 Å². The van der Waals surface area contributed by atoms with E-state index in [0.29, 0.717) is 31.6 Å². The van der Waals surface area contributed by atoms with Crippen LogP contribution >= 0.6 is 0 Å². The molecule has 0 radical (unpaired) electrons. The molecule has 2 aromatic rings. The molecular formula is C25H30FN5O4. The highest BCUT2D eigenvalue weighted by molar-refractivity contribution is 5.94. The number of aromatic nitrogens is 3. The number of carbonyl (C=O) groups is 2. The first-order chi connectivity index (χ1) is 16.7. The van der Waals surface area contributed by atoms with Gasteiger partial charge in [0.2, 0.25) is 11.8 Å². The second-order valence-corrected chi connectivity index (χ2v) is 11.1.